The van der Waals surface area contributed by atoms with E-state index in [1.54, 1.807) is 31.2 Å². The number of amides is 1. The molecule has 1 aliphatic rings. The van der Waals surface area contributed by atoms with Crippen LogP contribution in [0.3, 0.4) is 0 Å². The van der Waals surface area contributed by atoms with Gasteiger partial charge in [0.15, 0.2) is 11.5 Å². The highest BCUT2D eigenvalue weighted by molar-refractivity contribution is 6.03. The predicted molar refractivity (Wildman–Crippen MR) is 106 cm³/mol. The van der Waals surface area contributed by atoms with Gasteiger partial charge in [-0.25, -0.2) is 9.97 Å². The minimum atomic E-state index is -0.326. The van der Waals surface area contributed by atoms with Crippen LogP contribution in [0.2, 0.25) is 0 Å². The van der Waals surface area contributed by atoms with Crippen LogP contribution in [0, 0.1) is 20.8 Å². The summed E-state index contributed by atoms with van der Waals surface area (Å²) in [7, 11) is 0. The van der Waals surface area contributed by atoms with Gasteiger partial charge in [-0.1, -0.05) is 17.7 Å². The third-order valence-electron chi connectivity index (χ3n) is 4.35. The molecule has 0 saturated carbocycles. The molecule has 2 N–H and O–H groups in total. The Morgan fingerprint density at radius 2 is 1.79 bits per heavy atom. The first kappa shape index (κ1) is 17.8. The fourth-order valence-corrected chi connectivity index (χ4v) is 3.01. The maximum absolute atomic E-state index is 12.7. The summed E-state index contributed by atoms with van der Waals surface area (Å²) < 4.78 is 10.6. The molecule has 0 radical (unpaired) electrons. The first-order chi connectivity index (χ1) is 13.5. The lowest BCUT2D eigenvalue weighted by molar-refractivity contribution is 0.102. The fraction of sp³-hybridized carbons (Fsp3) is 0.190. The number of anilines is 3. The number of fused-ring (bicyclic) bond motifs is 1. The summed E-state index contributed by atoms with van der Waals surface area (Å²) in [4.78, 5) is 21.3. The first-order valence-corrected chi connectivity index (χ1v) is 8.89. The highest BCUT2D eigenvalue weighted by Crippen LogP contribution is 2.34. The molecular formula is C21H20N4O3. The SMILES string of the molecule is Cc1ccc(Nc2cc(C(=O)Nc3ccc4c(c3)OCO4)nc(C)n2)c(C)c1. The third kappa shape index (κ3) is 3.73. The van der Waals surface area contributed by atoms with Crippen molar-refractivity contribution in [2.75, 3.05) is 17.4 Å². The molecule has 7 heteroatoms. The molecule has 2 aromatic carbocycles. The van der Waals surface area contributed by atoms with Gasteiger partial charge >= 0.3 is 0 Å². The summed E-state index contributed by atoms with van der Waals surface area (Å²) in [5.41, 5.74) is 4.10. The average Bonchev–Trinajstić information content (AvgIpc) is 3.11. The highest BCUT2D eigenvalue weighted by Gasteiger charge is 2.16. The summed E-state index contributed by atoms with van der Waals surface area (Å²) >= 11 is 0. The molecule has 0 unspecified atom stereocenters. The normalized spacial score (nSPS) is 12.0. The van der Waals surface area contributed by atoms with Gasteiger partial charge in [-0.15, -0.1) is 0 Å². The van der Waals surface area contributed by atoms with Gasteiger partial charge in [0.25, 0.3) is 5.91 Å². The van der Waals surface area contributed by atoms with E-state index in [2.05, 4.69) is 26.7 Å². The predicted octanol–water partition coefficient (Wildman–Crippen LogP) is 4.13. The molecule has 142 valence electrons. The minimum absolute atomic E-state index is 0.186. The van der Waals surface area contributed by atoms with Crippen LogP contribution in [0.1, 0.15) is 27.4 Å². The number of carbonyl (C=O) groups is 1. The lowest BCUT2D eigenvalue weighted by Crippen LogP contribution is -2.15. The number of aryl methyl sites for hydroxylation is 3. The molecular weight excluding hydrogens is 356 g/mol. The van der Waals surface area contributed by atoms with E-state index in [4.69, 9.17) is 9.47 Å². The van der Waals surface area contributed by atoms with Crippen LogP contribution in [-0.4, -0.2) is 22.7 Å². The van der Waals surface area contributed by atoms with Crippen LogP contribution in [0.5, 0.6) is 11.5 Å². The maximum Gasteiger partial charge on any atom is 0.274 e. The van der Waals surface area contributed by atoms with Gasteiger partial charge in [-0.05, 0) is 44.5 Å². The molecule has 0 bridgehead atoms. The lowest BCUT2D eigenvalue weighted by Gasteiger charge is -2.12. The number of benzene rings is 2. The number of hydrogen-bond acceptors (Lipinski definition) is 6. The summed E-state index contributed by atoms with van der Waals surface area (Å²) in [5.74, 6) is 2.01. The van der Waals surface area contributed by atoms with Crippen molar-refractivity contribution in [2.24, 2.45) is 0 Å². The molecule has 0 fully saturated rings. The standard InChI is InChI=1S/C21H20N4O3/c1-12-4-6-16(13(2)8-12)25-20-10-17(22-14(3)23-20)21(26)24-15-5-7-18-19(9-15)28-11-27-18/h4-10H,11H2,1-3H3,(H,24,26)(H,22,23,25). The number of ether oxygens (including phenoxy) is 2. The summed E-state index contributed by atoms with van der Waals surface area (Å²) in [6, 6.07) is 13.0. The van der Waals surface area contributed by atoms with Crippen molar-refractivity contribution in [1.82, 2.24) is 9.97 Å². The van der Waals surface area contributed by atoms with E-state index in [0.717, 1.165) is 11.3 Å². The summed E-state index contributed by atoms with van der Waals surface area (Å²) in [5, 5.41) is 6.10. The second-order valence-corrected chi connectivity index (χ2v) is 6.65. The Balaban J connectivity index is 1.55. The number of hydrogen-bond donors (Lipinski definition) is 2. The van der Waals surface area contributed by atoms with Gasteiger partial charge in [0.1, 0.15) is 17.3 Å². The average molecular weight is 376 g/mol. The lowest BCUT2D eigenvalue weighted by atomic mass is 10.1. The molecule has 0 aliphatic carbocycles. The number of rotatable bonds is 4. The molecule has 28 heavy (non-hydrogen) atoms. The molecule has 3 aromatic rings. The van der Waals surface area contributed by atoms with E-state index in [1.807, 2.05) is 26.0 Å². The highest BCUT2D eigenvalue weighted by atomic mass is 16.7. The van der Waals surface area contributed by atoms with Crippen molar-refractivity contribution < 1.29 is 14.3 Å². The van der Waals surface area contributed by atoms with Crippen molar-refractivity contribution in [3.05, 3.63) is 65.1 Å². The van der Waals surface area contributed by atoms with E-state index in [1.165, 1.54) is 5.56 Å². The third-order valence-corrected chi connectivity index (χ3v) is 4.35. The number of aromatic nitrogens is 2. The van der Waals surface area contributed by atoms with E-state index >= 15 is 0 Å². The van der Waals surface area contributed by atoms with Crippen LogP contribution in [0.15, 0.2) is 42.5 Å². The quantitative estimate of drug-likeness (QED) is 0.712. The molecule has 4 rings (SSSR count). The van der Waals surface area contributed by atoms with Gasteiger partial charge in [0.05, 0.1) is 0 Å². The van der Waals surface area contributed by atoms with E-state index < -0.39 is 0 Å². The molecule has 1 aromatic heterocycles. The van der Waals surface area contributed by atoms with Gasteiger partial charge in [0, 0.05) is 23.5 Å². The van der Waals surface area contributed by atoms with Crippen LogP contribution in [0.25, 0.3) is 0 Å². The Bertz CT molecular complexity index is 1070. The topological polar surface area (TPSA) is 85.4 Å². The van der Waals surface area contributed by atoms with Gasteiger partial charge in [-0.3, -0.25) is 4.79 Å². The molecule has 2 heterocycles. The van der Waals surface area contributed by atoms with Crippen LogP contribution in [0.4, 0.5) is 17.2 Å². The number of nitrogens with one attached hydrogen (secondary N) is 2. The monoisotopic (exact) mass is 376 g/mol. The van der Waals surface area contributed by atoms with E-state index in [0.29, 0.717) is 28.8 Å². The van der Waals surface area contributed by atoms with Crippen molar-refractivity contribution in [3.8, 4) is 11.5 Å². The summed E-state index contributed by atoms with van der Waals surface area (Å²) in [6.07, 6.45) is 0. The van der Waals surface area contributed by atoms with Crippen molar-refractivity contribution in [3.63, 3.8) is 0 Å². The smallest absolute Gasteiger partial charge is 0.274 e. The molecule has 0 saturated heterocycles. The zero-order chi connectivity index (χ0) is 19.7. The Hall–Kier alpha value is -3.61. The van der Waals surface area contributed by atoms with Crippen molar-refractivity contribution >= 4 is 23.1 Å². The Morgan fingerprint density at radius 3 is 2.61 bits per heavy atom. The van der Waals surface area contributed by atoms with E-state index in [9.17, 15) is 4.79 Å². The minimum Gasteiger partial charge on any atom is -0.454 e. The second kappa shape index (κ2) is 7.19. The molecule has 1 amide bonds. The Morgan fingerprint density at radius 1 is 0.964 bits per heavy atom. The number of nitrogens with zero attached hydrogens (tertiary/aromatic N) is 2. The van der Waals surface area contributed by atoms with Crippen LogP contribution < -0.4 is 20.1 Å². The Kier molecular flexibility index (Phi) is 4.57. The molecule has 1 aliphatic heterocycles. The first-order valence-electron chi connectivity index (χ1n) is 8.89. The van der Waals surface area contributed by atoms with Gasteiger partial charge in [-0.2, -0.15) is 0 Å². The van der Waals surface area contributed by atoms with E-state index in [-0.39, 0.29) is 18.4 Å². The zero-order valence-corrected chi connectivity index (χ0v) is 15.9. The molecule has 0 spiro atoms. The van der Waals surface area contributed by atoms with Crippen LogP contribution in [-0.2, 0) is 0 Å². The molecule has 7 nitrogen and oxygen atoms in total. The second-order valence-electron chi connectivity index (χ2n) is 6.65. The zero-order valence-electron chi connectivity index (χ0n) is 15.9. The maximum atomic E-state index is 12.7. The van der Waals surface area contributed by atoms with Crippen molar-refractivity contribution in [2.45, 2.75) is 20.8 Å². The van der Waals surface area contributed by atoms with Crippen LogP contribution >= 0.6 is 0 Å². The van der Waals surface area contributed by atoms with Gasteiger partial charge in [0.2, 0.25) is 6.79 Å². The van der Waals surface area contributed by atoms with Crippen molar-refractivity contribution in [1.29, 1.82) is 0 Å². The summed E-state index contributed by atoms with van der Waals surface area (Å²) in [6.45, 7) is 6.01. The fourth-order valence-electron chi connectivity index (χ4n) is 3.01. The molecule has 0 atom stereocenters. The largest absolute Gasteiger partial charge is 0.454 e. The Labute approximate surface area is 162 Å². The van der Waals surface area contributed by atoms with Gasteiger partial charge < -0.3 is 20.1 Å². The number of carbonyl (C=O) groups excluding carboxylic acids is 1.